The molecule has 2 aliphatic rings. The molecule has 3 heterocycles. The molecule has 1 fully saturated rings. The van der Waals surface area contributed by atoms with Gasteiger partial charge >= 0.3 is 0 Å². The number of aromatic hydroxyl groups is 1. The number of carbonyl (C=O) groups excluding carboxylic acids is 1. The van der Waals surface area contributed by atoms with Crippen LogP contribution in [0.1, 0.15) is 22.9 Å². The number of aromatic nitrogens is 1. The molecule has 1 aromatic heterocycles. The third-order valence-electron chi connectivity index (χ3n) is 5.77. The Bertz CT molecular complexity index is 1140. The highest BCUT2D eigenvalue weighted by Crippen LogP contribution is 2.45. The smallest absolute Gasteiger partial charge is 0.251 e. The summed E-state index contributed by atoms with van der Waals surface area (Å²) in [5, 5.41) is 12.0. The van der Waals surface area contributed by atoms with Crippen LogP contribution in [0.3, 0.4) is 0 Å². The van der Waals surface area contributed by atoms with E-state index in [0.717, 1.165) is 27.7 Å². The SMILES string of the molecule is COc1ccc(C2c3[nH]c4ccccc4c3CC3C(=O)N(C)C(=S)N32)cc1O. The number of para-hydroxylation sites is 1. The largest absolute Gasteiger partial charge is 0.504 e. The predicted octanol–water partition coefficient (Wildman–Crippen LogP) is 2.96. The number of hydrogen-bond acceptors (Lipinski definition) is 4. The predicted molar refractivity (Wildman–Crippen MR) is 109 cm³/mol. The van der Waals surface area contributed by atoms with Crippen LogP contribution in [-0.4, -0.2) is 51.1 Å². The minimum absolute atomic E-state index is 0.00339. The Morgan fingerprint density at radius 1 is 1.25 bits per heavy atom. The Balaban J connectivity index is 1.76. The Morgan fingerprint density at radius 2 is 2.04 bits per heavy atom. The third-order valence-corrected chi connectivity index (χ3v) is 6.26. The van der Waals surface area contributed by atoms with Crippen LogP contribution in [0.15, 0.2) is 42.5 Å². The van der Waals surface area contributed by atoms with Gasteiger partial charge in [0.05, 0.1) is 13.2 Å². The highest BCUT2D eigenvalue weighted by atomic mass is 32.1. The number of amides is 1. The third kappa shape index (κ3) is 2.19. The van der Waals surface area contributed by atoms with E-state index in [0.29, 0.717) is 17.3 Å². The number of carbonyl (C=O) groups is 1. The van der Waals surface area contributed by atoms with Crippen LogP contribution in [0, 0.1) is 0 Å². The van der Waals surface area contributed by atoms with Gasteiger partial charge in [-0.1, -0.05) is 24.3 Å². The van der Waals surface area contributed by atoms with Gasteiger partial charge in [0, 0.05) is 30.1 Å². The summed E-state index contributed by atoms with van der Waals surface area (Å²) in [5.74, 6) is 0.471. The van der Waals surface area contributed by atoms with Crippen molar-refractivity contribution >= 4 is 34.1 Å². The number of methoxy groups -OCH3 is 1. The van der Waals surface area contributed by atoms with Gasteiger partial charge in [-0.25, -0.2) is 0 Å². The molecule has 0 aliphatic carbocycles. The molecule has 6 nitrogen and oxygen atoms in total. The second kappa shape index (κ2) is 5.97. The summed E-state index contributed by atoms with van der Waals surface area (Å²) in [6, 6.07) is 12.8. The van der Waals surface area contributed by atoms with Gasteiger partial charge < -0.3 is 19.7 Å². The van der Waals surface area contributed by atoms with Crippen molar-refractivity contribution < 1.29 is 14.6 Å². The first-order valence-electron chi connectivity index (χ1n) is 9.07. The number of fused-ring (bicyclic) bond motifs is 4. The van der Waals surface area contributed by atoms with Gasteiger partial charge in [-0.15, -0.1) is 0 Å². The summed E-state index contributed by atoms with van der Waals surface area (Å²) in [5.41, 5.74) is 4.01. The quantitative estimate of drug-likeness (QED) is 0.655. The molecule has 1 saturated heterocycles. The van der Waals surface area contributed by atoms with E-state index in [2.05, 4.69) is 11.1 Å². The number of likely N-dealkylation sites (N-methyl/N-ethyl adjacent to an activating group) is 1. The molecule has 0 bridgehead atoms. The normalized spacial score (nSPS) is 21.2. The summed E-state index contributed by atoms with van der Waals surface area (Å²) in [4.78, 5) is 19.9. The highest BCUT2D eigenvalue weighted by molar-refractivity contribution is 7.80. The number of ether oxygens (including phenoxy) is 1. The molecule has 28 heavy (non-hydrogen) atoms. The van der Waals surface area contributed by atoms with Gasteiger partial charge in [0.1, 0.15) is 6.04 Å². The molecule has 2 atom stereocenters. The summed E-state index contributed by atoms with van der Waals surface area (Å²) < 4.78 is 5.19. The molecule has 2 N–H and O–H groups in total. The van der Waals surface area contributed by atoms with Crippen molar-refractivity contribution in [1.82, 2.24) is 14.8 Å². The molecule has 0 radical (unpaired) electrons. The van der Waals surface area contributed by atoms with Crippen molar-refractivity contribution in [2.75, 3.05) is 14.2 Å². The molecule has 2 aromatic carbocycles. The number of aromatic amines is 1. The molecule has 5 rings (SSSR count). The maximum atomic E-state index is 12.9. The summed E-state index contributed by atoms with van der Waals surface area (Å²) in [6.45, 7) is 0. The van der Waals surface area contributed by atoms with E-state index in [1.54, 1.807) is 24.1 Å². The van der Waals surface area contributed by atoms with Crippen molar-refractivity contribution in [3.8, 4) is 11.5 Å². The van der Waals surface area contributed by atoms with Crippen LogP contribution in [0.2, 0.25) is 0 Å². The lowest BCUT2D eigenvalue weighted by atomic mass is 9.89. The van der Waals surface area contributed by atoms with E-state index in [1.807, 2.05) is 29.2 Å². The topological polar surface area (TPSA) is 68.8 Å². The highest BCUT2D eigenvalue weighted by Gasteiger charge is 2.49. The van der Waals surface area contributed by atoms with Crippen molar-refractivity contribution in [2.45, 2.75) is 18.5 Å². The zero-order valence-electron chi connectivity index (χ0n) is 15.5. The molecule has 7 heteroatoms. The van der Waals surface area contributed by atoms with Gasteiger partial charge in [0.2, 0.25) is 0 Å². The number of rotatable bonds is 2. The van der Waals surface area contributed by atoms with E-state index in [4.69, 9.17) is 17.0 Å². The zero-order valence-corrected chi connectivity index (χ0v) is 16.3. The second-order valence-corrected chi connectivity index (χ2v) is 7.57. The standard InChI is InChI=1S/C21H19N3O3S/c1-23-20(26)15-10-13-12-5-3-4-6-14(12)22-18(13)19(24(15)21(23)28)11-7-8-17(27-2)16(25)9-11/h3-9,15,19,22,25H,10H2,1-2H3. The maximum Gasteiger partial charge on any atom is 0.251 e. The van der Waals surface area contributed by atoms with Crippen LogP contribution in [0.4, 0.5) is 0 Å². The lowest BCUT2D eigenvalue weighted by Crippen LogP contribution is -2.44. The average Bonchev–Trinajstić information content (AvgIpc) is 3.18. The second-order valence-electron chi connectivity index (χ2n) is 7.20. The molecule has 2 unspecified atom stereocenters. The molecule has 0 spiro atoms. The molecule has 1 amide bonds. The van der Waals surface area contributed by atoms with Crippen LogP contribution in [0.25, 0.3) is 10.9 Å². The monoisotopic (exact) mass is 393 g/mol. The maximum absolute atomic E-state index is 12.9. The molecule has 0 saturated carbocycles. The minimum atomic E-state index is -0.349. The van der Waals surface area contributed by atoms with E-state index in [9.17, 15) is 9.90 Å². The number of nitrogens with zero attached hydrogens (tertiary/aromatic N) is 2. The fraction of sp³-hybridized carbons (Fsp3) is 0.238. The van der Waals surface area contributed by atoms with Gasteiger partial charge in [0.25, 0.3) is 5.91 Å². The van der Waals surface area contributed by atoms with Gasteiger partial charge in [-0.3, -0.25) is 9.69 Å². The summed E-state index contributed by atoms with van der Waals surface area (Å²) in [6.07, 6.45) is 0.599. The zero-order chi connectivity index (χ0) is 19.6. The number of hydrogen-bond donors (Lipinski definition) is 2. The van der Waals surface area contributed by atoms with Gasteiger partial charge in [-0.05, 0) is 41.5 Å². The Morgan fingerprint density at radius 3 is 2.79 bits per heavy atom. The number of phenolic OH excluding ortho intramolecular Hbond substituents is 1. The van der Waals surface area contributed by atoms with Gasteiger partial charge in [0.15, 0.2) is 16.6 Å². The first-order chi connectivity index (χ1) is 13.5. The molecule has 3 aromatic rings. The first-order valence-corrected chi connectivity index (χ1v) is 9.48. The number of phenols is 1. The minimum Gasteiger partial charge on any atom is -0.504 e. The lowest BCUT2D eigenvalue weighted by Gasteiger charge is -2.37. The Labute approximate surface area is 167 Å². The number of thiocarbonyl (C=S) groups is 1. The summed E-state index contributed by atoms with van der Waals surface area (Å²) in [7, 11) is 3.24. The van der Waals surface area contributed by atoms with E-state index < -0.39 is 0 Å². The Kier molecular flexibility index (Phi) is 3.64. The van der Waals surface area contributed by atoms with Crippen LogP contribution in [-0.2, 0) is 11.2 Å². The molecular weight excluding hydrogens is 374 g/mol. The van der Waals surface area contributed by atoms with Crippen molar-refractivity contribution in [3.63, 3.8) is 0 Å². The van der Waals surface area contributed by atoms with Crippen LogP contribution in [0.5, 0.6) is 11.5 Å². The van der Waals surface area contributed by atoms with E-state index in [-0.39, 0.29) is 23.7 Å². The van der Waals surface area contributed by atoms with Crippen molar-refractivity contribution in [3.05, 3.63) is 59.3 Å². The molecule has 2 aliphatic heterocycles. The fourth-order valence-electron chi connectivity index (χ4n) is 4.43. The van der Waals surface area contributed by atoms with Crippen LogP contribution >= 0.6 is 12.2 Å². The van der Waals surface area contributed by atoms with E-state index in [1.165, 1.54) is 7.11 Å². The number of H-pyrrole nitrogens is 1. The van der Waals surface area contributed by atoms with Crippen LogP contribution < -0.4 is 4.74 Å². The van der Waals surface area contributed by atoms with E-state index >= 15 is 0 Å². The number of benzene rings is 2. The molecule has 142 valence electrons. The van der Waals surface area contributed by atoms with Crippen molar-refractivity contribution in [2.24, 2.45) is 0 Å². The number of nitrogens with one attached hydrogen (secondary N) is 1. The van der Waals surface area contributed by atoms with Gasteiger partial charge in [-0.2, -0.15) is 0 Å². The summed E-state index contributed by atoms with van der Waals surface area (Å²) >= 11 is 5.61. The average molecular weight is 393 g/mol. The van der Waals surface area contributed by atoms with Crippen molar-refractivity contribution in [1.29, 1.82) is 0 Å². The first kappa shape index (κ1) is 17.1. The Hall–Kier alpha value is -3.06. The fourth-order valence-corrected chi connectivity index (χ4v) is 4.75. The lowest BCUT2D eigenvalue weighted by molar-refractivity contribution is -0.127. The molecular formula is C21H19N3O3S.